The maximum atomic E-state index is 16.3. The Morgan fingerprint density at radius 1 is 1.15 bits per heavy atom. The van der Waals surface area contributed by atoms with Crippen LogP contribution in [-0.4, -0.2) is 72.1 Å². The highest BCUT2D eigenvalue weighted by atomic mass is 35.5. The van der Waals surface area contributed by atoms with E-state index in [0.717, 1.165) is 18.9 Å². The first-order valence-corrected chi connectivity index (χ1v) is 17.7. The van der Waals surface area contributed by atoms with Gasteiger partial charge in [-0.2, -0.15) is 0 Å². The predicted octanol–water partition coefficient (Wildman–Crippen LogP) is 4.63. The maximum absolute atomic E-state index is 16.3. The van der Waals surface area contributed by atoms with Gasteiger partial charge >= 0.3 is 6.09 Å². The summed E-state index contributed by atoms with van der Waals surface area (Å²) in [6, 6.07) is 1.88. The van der Waals surface area contributed by atoms with Gasteiger partial charge in [0.05, 0.1) is 27.3 Å². The molecule has 1 aromatic carbocycles. The molecular weight excluding hydrogens is 677 g/mol. The summed E-state index contributed by atoms with van der Waals surface area (Å²) in [4.78, 5) is 29.7. The van der Waals surface area contributed by atoms with E-state index < -0.39 is 55.8 Å². The second-order valence-electron chi connectivity index (χ2n) is 12.5. The lowest BCUT2D eigenvalue weighted by atomic mass is 10.0. The number of ether oxygens (including phenoxy) is 1. The number of benzene rings is 1. The number of nitrogens with one attached hydrogen (secondary N) is 1. The van der Waals surface area contributed by atoms with E-state index in [4.69, 9.17) is 21.3 Å². The van der Waals surface area contributed by atoms with Gasteiger partial charge in [-0.3, -0.25) is 14.5 Å². The van der Waals surface area contributed by atoms with Crippen molar-refractivity contribution in [3.63, 3.8) is 0 Å². The normalized spacial score (nSPS) is 23.3. The van der Waals surface area contributed by atoms with Crippen molar-refractivity contribution in [1.29, 1.82) is 0 Å². The van der Waals surface area contributed by atoms with Gasteiger partial charge in [0.1, 0.15) is 27.1 Å². The molecule has 0 bridgehead atoms. The standard InChI is InChI=1S/C31H32ClF3N6O4S2/c1-31(2,3)45-30(42)41-14-13-40(18-8-9-18)16-23(41)28-38-26(27(46-28)22-11-12-36-29(32)37-22)19-5-4-6-21(25(19)35)39-47(43,44)24-15-17(33)7-10-20(24)34/h4,6-7,10,12,15,18,23,39H,5,8-9,11,13-14,16H2,1-3H3. The average molecular weight is 709 g/mol. The Hall–Kier alpha value is -3.53. The topological polar surface area (TPSA) is 117 Å². The molecule has 1 saturated carbocycles. The Morgan fingerprint density at radius 2 is 1.91 bits per heavy atom. The van der Waals surface area contributed by atoms with Crippen LogP contribution in [-0.2, 0) is 14.8 Å². The molecule has 4 aliphatic rings. The first kappa shape index (κ1) is 33.4. The van der Waals surface area contributed by atoms with Gasteiger partial charge in [-0.05, 0) is 75.9 Å². The molecule has 6 rings (SSSR count). The van der Waals surface area contributed by atoms with Crippen molar-refractivity contribution >= 4 is 61.8 Å². The molecule has 1 saturated heterocycles. The van der Waals surface area contributed by atoms with E-state index in [-0.39, 0.29) is 29.1 Å². The molecule has 250 valence electrons. The summed E-state index contributed by atoms with van der Waals surface area (Å²) >= 11 is 7.40. The molecular formula is C31H32ClF3N6O4S2. The summed E-state index contributed by atoms with van der Waals surface area (Å²) in [6.07, 6.45) is 6.27. The maximum Gasteiger partial charge on any atom is 0.410 e. The molecule has 3 heterocycles. The van der Waals surface area contributed by atoms with Gasteiger partial charge in [-0.1, -0.05) is 6.08 Å². The zero-order chi connectivity index (χ0) is 33.7. The minimum absolute atomic E-state index is 0.0183. The molecule has 0 spiro atoms. The third-order valence-corrected chi connectivity index (χ3v) is 10.6. The number of carbonyl (C=O) groups excluding carboxylic acids is 1. The monoisotopic (exact) mass is 708 g/mol. The summed E-state index contributed by atoms with van der Waals surface area (Å²) in [6.45, 7) is 6.95. The summed E-state index contributed by atoms with van der Waals surface area (Å²) in [5, 5.41) is 0.702. The second-order valence-corrected chi connectivity index (χ2v) is 15.5. The van der Waals surface area contributed by atoms with Crippen LogP contribution in [0.25, 0.3) is 11.3 Å². The number of thiazole rings is 1. The molecule has 0 radical (unpaired) electrons. The molecule has 16 heteroatoms. The Bertz CT molecular complexity index is 1980. The van der Waals surface area contributed by atoms with Gasteiger partial charge in [0, 0.05) is 43.9 Å². The van der Waals surface area contributed by atoms with Gasteiger partial charge in [0.15, 0.2) is 5.83 Å². The van der Waals surface area contributed by atoms with Crippen molar-refractivity contribution in [2.75, 3.05) is 19.6 Å². The highest BCUT2D eigenvalue weighted by Crippen LogP contribution is 2.35. The minimum atomic E-state index is -4.71. The fraction of sp³-hybridized carbons (Fsp3) is 0.419. The zero-order valence-electron chi connectivity index (χ0n) is 25.8. The third-order valence-electron chi connectivity index (χ3n) is 7.82. The number of piperazine rings is 1. The molecule has 1 unspecified atom stereocenters. The second kappa shape index (κ2) is 12.8. The number of aromatic nitrogens is 1. The SMILES string of the molecule is CC(C)(C)OC(=O)N1CCN(C2CC2)CC1c1nc(=C2CC=CC(NS(=O)(=O)c3cc(F)ccc3F)=C2F)c(=C2CC=NC(Cl)=N2)s1. The van der Waals surface area contributed by atoms with Gasteiger partial charge < -0.3 is 4.74 Å². The highest BCUT2D eigenvalue weighted by molar-refractivity contribution is 7.89. The largest absolute Gasteiger partial charge is 0.444 e. The summed E-state index contributed by atoms with van der Waals surface area (Å²) in [5.41, 5.74) is -0.683. The van der Waals surface area contributed by atoms with E-state index >= 15 is 4.39 Å². The Kier molecular flexibility index (Phi) is 9.11. The van der Waals surface area contributed by atoms with Crippen LogP contribution in [0.3, 0.4) is 0 Å². The van der Waals surface area contributed by atoms with Crippen LogP contribution in [0.15, 0.2) is 56.8 Å². The van der Waals surface area contributed by atoms with Gasteiger partial charge in [0.25, 0.3) is 10.0 Å². The van der Waals surface area contributed by atoms with E-state index in [1.807, 2.05) is 0 Å². The van der Waals surface area contributed by atoms with Crippen molar-refractivity contribution in [2.45, 2.75) is 69.0 Å². The molecule has 2 aliphatic heterocycles. The lowest BCUT2D eigenvalue weighted by Gasteiger charge is -2.41. The van der Waals surface area contributed by atoms with Gasteiger partial charge in [0.2, 0.25) is 5.29 Å². The van der Waals surface area contributed by atoms with E-state index in [9.17, 15) is 22.0 Å². The number of aliphatic imine (C=N–C) groups is 2. The molecule has 2 aromatic rings. The molecule has 2 fully saturated rings. The molecule has 1 atom stereocenters. The number of rotatable bonds is 5. The van der Waals surface area contributed by atoms with Gasteiger partial charge in [-0.25, -0.2) is 41.4 Å². The van der Waals surface area contributed by atoms with Gasteiger partial charge in [-0.15, -0.1) is 11.3 Å². The summed E-state index contributed by atoms with van der Waals surface area (Å²) in [7, 11) is -4.71. The quantitative estimate of drug-likeness (QED) is 0.454. The highest BCUT2D eigenvalue weighted by Gasteiger charge is 2.40. The number of hydrogen-bond acceptors (Lipinski definition) is 9. The third kappa shape index (κ3) is 7.32. The zero-order valence-corrected chi connectivity index (χ0v) is 28.2. The fourth-order valence-corrected chi connectivity index (χ4v) is 8.04. The lowest BCUT2D eigenvalue weighted by molar-refractivity contribution is -0.00314. The molecule has 1 N–H and O–H groups in total. The van der Waals surface area contributed by atoms with Crippen LogP contribution in [0.4, 0.5) is 18.0 Å². The Morgan fingerprint density at radius 3 is 2.62 bits per heavy atom. The lowest BCUT2D eigenvalue weighted by Crippen LogP contribution is -2.52. The predicted molar refractivity (Wildman–Crippen MR) is 173 cm³/mol. The minimum Gasteiger partial charge on any atom is -0.444 e. The molecule has 1 amide bonds. The number of nitrogens with zero attached hydrogens (tertiary/aromatic N) is 5. The van der Waals surface area contributed by atoms with Crippen LogP contribution < -0.4 is 14.6 Å². The summed E-state index contributed by atoms with van der Waals surface area (Å²) in [5.74, 6) is -3.11. The first-order valence-electron chi connectivity index (χ1n) is 15.0. The van der Waals surface area contributed by atoms with E-state index in [1.165, 1.54) is 23.5 Å². The first-order chi connectivity index (χ1) is 22.2. The van der Waals surface area contributed by atoms with E-state index in [2.05, 4.69) is 19.6 Å². The number of amidine groups is 1. The number of hydrogen-bond donors (Lipinski definition) is 1. The van der Waals surface area contributed by atoms with E-state index in [1.54, 1.807) is 31.9 Å². The fourth-order valence-electron chi connectivity index (χ4n) is 5.52. The van der Waals surface area contributed by atoms with Crippen molar-refractivity contribution in [3.05, 3.63) is 68.4 Å². The van der Waals surface area contributed by atoms with Crippen LogP contribution in [0.5, 0.6) is 0 Å². The van der Waals surface area contributed by atoms with Crippen LogP contribution in [0.2, 0.25) is 0 Å². The van der Waals surface area contributed by atoms with Crippen molar-refractivity contribution in [2.24, 2.45) is 9.98 Å². The van der Waals surface area contributed by atoms with Crippen LogP contribution >= 0.6 is 22.9 Å². The Balaban J connectivity index is 1.49. The average Bonchev–Trinajstić information content (AvgIpc) is 3.76. The van der Waals surface area contributed by atoms with E-state index in [0.29, 0.717) is 53.0 Å². The Labute approximate surface area is 278 Å². The van der Waals surface area contributed by atoms with Crippen molar-refractivity contribution < 1.29 is 31.1 Å². The molecule has 47 heavy (non-hydrogen) atoms. The van der Waals surface area contributed by atoms with Crippen LogP contribution in [0.1, 0.15) is 57.5 Å². The smallest absolute Gasteiger partial charge is 0.410 e. The van der Waals surface area contributed by atoms with Crippen LogP contribution in [0, 0.1) is 11.6 Å². The number of sulfonamides is 1. The van der Waals surface area contributed by atoms with Crippen molar-refractivity contribution in [1.82, 2.24) is 19.5 Å². The van der Waals surface area contributed by atoms with Crippen molar-refractivity contribution in [3.8, 4) is 0 Å². The summed E-state index contributed by atoms with van der Waals surface area (Å²) < 4.78 is 78.9. The molecule has 1 aromatic heterocycles. The molecule has 2 aliphatic carbocycles. The number of carbonyl (C=O) groups is 1. The number of allylic oxidation sites excluding steroid dienone is 3. The number of halogens is 4. The molecule has 10 nitrogen and oxygen atoms in total. The number of amides is 1.